The minimum Gasteiger partial charge on any atom is -0.269 e. The maximum Gasteiger partial charge on any atom is 0.110 e. The van der Waals surface area contributed by atoms with Crippen molar-refractivity contribution in [3.8, 4) is 0 Å². The minimum absolute atomic E-state index is 1.04. The molecule has 0 aliphatic rings. The first-order valence-corrected chi connectivity index (χ1v) is 9.56. The predicted molar refractivity (Wildman–Crippen MR) is 91.9 cm³/mol. The summed E-state index contributed by atoms with van der Waals surface area (Å²) in [6.07, 6.45) is 2.92. The van der Waals surface area contributed by atoms with E-state index in [4.69, 9.17) is 0 Å². The van der Waals surface area contributed by atoms with E-state index in [1.807, 2.05) is 17.9 Å². The number of nitrogens with zero attached hydrogens (tertiary/aromatic N) is 2. The molecule has 1 heterocycles. The maximum absolute atomic E-state index is 4.32. The minimum atomic E-state index is -1.45. The Morgan fingerprint density at radius 2 is 1.38 bits per heavy atom. The molecule has 0 aliphatic carbocycles. The van der Waals surface area contributed by atoms with Gasteiger partial charge in [0.15, 0.2) is 0 Å². The Balaban J connectivity index is 2.09. The summed E-state index contributed by atoms with van der Waals surface area (Å²) >= 11 is 0. The lowest BCUT2D eigenvalue weighted by Crippen LogP contribution is -2.23. The highest BCUT2D eigenvalue weighted by atomic mass is 31.2. The van der Waals surface area contributed by atoms with E-state index in [-0.39, 0.29) is 0 Å². The molecule has 0 unspecified atom stereocenters. The Kier molecular flexibility index (Phi) is 3.90. The molecule has 2 nitrogen and oxygen atoms in total. The summed E-state index contributed by atoms with van der Waals surface area (Å²) in [7, 11) is 0.573. The molecule has 106 valence electrons. The fourth-order valence-electron chi connectivity index (χ4n) is 2.73. The molecule has 21 heavy (non-hydrogen) atoms. The van der Waals surface area contributed by atoms with Crippen molar-refractivity contribution in [2.45, 2.75) is 6.16 Å². The summed E-state index contributed by atoms with van der Waals surface area (Å²) in [4.78, 5) is 0. The quantitative estimate of drug-likeness (QED) is 0.676. The largest absolute Gasteiger partial charge is 0.269 e. The SMILES string of the molecule is Cn1nccc1C[P+](C)(c1ccccc1)c1ccccc1. The van der Waals surface area contributed by atoms with Gasteiger partial charge >= 0.3 is 0 Å². The Hall–Kier alpha value is -1.92. The highest BCUT2D eigenvalue weighted by Crippen LogP contribution is 2.55. The van der Waals surface area contributed by atoms with Crippen molar-refractivity contribution >= 4 is 17.9 Å². The fraction of sp³-hybridized carbons (Fsp3) is 0.167. The molecule has 1 aromatic heterocycles. The van der Waals surface area contributed by atoms with Crippen LogP contribution in [0, 0.1) is 0 Å². The average molecular weight is 295 g/mol. The molecule has 0 radical (unpaired) electrons. The van der Waals surface area contributed by atoms with Crippen LogP contribution in [0.4, 0.5) is 0 Å². The number of rotatable bonds is 4. The van der Waals surface area contributed by atoms with Gasteiger partial charge < -0.3 is 0 Å². The van der Waals surface area contributed by atoms with E-state index in [9.17, 15) is 0 Å². The molecule has 0 atom stereocenters. The van der Waals surface area contributed by atoms with Gasteiger partial charge in [-0.1, -0.05) is 36.4 Å². The molecule has 3 heteroatoms. The predicted octanol–water partition coefficient (Wildman–Crippen LogP) is 3.22. The van der Waals surface area contributed by atoms with E-state index in [0.29, 0.717) is 0 Å². The van der Waals surface area contributed by atoms with Gasteiger partial charge in [0.1, 0.15) is 6.16 Å². The van der Waals surface area contributed by atoms with Crippen LogP contribution < -0.4 is 10.6 Å². The molecule has 0 saturated heterocycles. The number of aromatic nitrogens is 2. The van der Waals surface area contributed by atoms with E-state index in [1.54, 1.807) is 0 Å². The smallest absolute Gasteiger partial charge is 0.110 e. The van der Waals surface area contributed by atoms with Crippen LogP contribution in [0.3, 0.4) is 0 Å². The van der Waals surface area contributed by atoms with Crippen LogP contribution in [0.15, 0.2) is 72.9 Å². The lowest BCUT2D eigenvalue weighted by Gasteiger charge is -2.23. The highest BCUT2D eigenvalue weighted by Gasteiger charge is 2.38. The van der Waals surface area contributed by atoms with E-state index >= 15 is 0 Å². The normalized spacial score (nSPS) is 11.5. The summed E-state index contributed by atoms with van der Waals surface area (Å²) in [6, 6.07) is 23.9. The number of benzene rings is 2. The number of hydrogen-bond donors (Lipinski definition) is 0. The molecular formula is C18H20N2P+. The molecule has 0 bridgehead atoms. The Bertz CT molecular complexity index is 665. The van der Waals surface area contributed by atoms with E-state index in [0.717, 1.165) is 6.16 Å². The summed E-state index contributed by atoms with van der Waals surface area (Å²) in [5.74, 6) is 0. The van der Waals surface area contributed by atoms with E-state index < -0.39 is 7.26 Å². The van der Waals surface area contributed by atoms with Crippen molar-refractivity contribution in [3.05, 3.63) is 78.6 Å². The second-order valence-corrected chi connectivity index (χ2v) is 9.20. The first-order chi connectivity index (χ1) is 10.2. The molecule has 0 N–H and O–H groups in total. The standard InChI is InChI=1S/C18H20N2P/c1-20-16(13-14-19-20)15-21(2,17-9-5-3-6-10-17)18-11-7-4-8-12-18/h3-14H,15H2,1-2H3/q+1. The molecule has 0 aliphatic heterocycles. The molecule has 0 saturated carbocycles. The van der Waals surface area contributed by atoms with Crippen molar-refractivity contribution in [2.75, 3.05) is 6.66 Å². The zero-order valence-corrected chi connectivity index (χ0v) is 13.4. The summed E-state index contributed by atoms with van der Waals surface area (Å²) in [6.45, 7) is 2.42. The van der Waals surface area contributed by atoms with Crippen molar-refractivity contribution in [3.63, 3.8) is 0 Å². The second kappa shape index (κ2) is 5.83. The topological polar surface area (TPSA) is 17.8 Å². The van der Waals surface area contributed by atoms with Gasteiger partial charge in [-0.25, -0.2) is 0 Å². The molecule has 3 rings (SSSR count). The Labute approximate surface area is 126 Å². The third-order valence-electron chi connectivity index (χ3n) is 4.05. The van der Waals surface area contributed by atoms with Crippen LogP contribution in [0.1, 0.15) is 5.69 Å². The zero-order valence-electron chi connectivity index (χ0n) is 12.5. The van der Waals surface area contributed by atoms with Gasteiger partial charge in [-0.05, 0) is 30.3 Å². The van der Waals surface area contributed by atoms with E-state index in [1.165, 1.54) is 16.3 Å². The van der Waals surface area contributed by atoms with Gasteiger partial charge in [-0.2, -0.15) is 5.10 Å². The van der Waals surface area contributed by atoms with Gasteiger partial charge in [-0.15, -0.1) is 0 Å². The third-order valence-corrected chi connectivity index (χ3v) is 7.89. The van der Waals surface area contributed by atoms with Crippen LogP contribution in [0.2, 0.25) is 0 Å². The van der Waals surface area contributed by atoms with Gasteiger partial charge in [0.2, 0.25) is 0 Å². The summed E-state index contributed by atoms with van der Waals surface area (Å²) < 4.78 is 1.99. The number of hydrogen-bond acceptors (Lipinski definition) is 1. The first-order valence-electron chi connectivity index (χ1n) is 7.14. The van der Waals surface area contributed by atoms with Crippen LogP contribution in [0.5, 0.6) is 0 Å². The Morgan fingerprint density at radius 3 is 1.81 bits per heavy atom. The molecular weight excluding hydrogens is 275 g/mol. The molecule has 3 aromatic rings. The highest BCUT2D eigenvalue weighted by molar-refractivity contribution is 7.88. The van der Waals surface area contributed by atoms with Crippen LogP contribution >= 0.6 is 7.26 Å². The monoisotopic (exact) mass is 295 g/mol. The number of aryl methyl sites for hydroxylation is 1. The molecule has 0 spiro atoms. The van der Waals surface area contributed by atoms with Gasteiger partial charge in [0.05, 0.1) is 30.2 Å². The van der Waals surface area contributed by atoms with Crippen LogP contribution in [-0.4, -0.2) is 16.4 Å². The van der Waals surface area contributed by atoms with Crippen LogP contribution in [-0.2, 0) is 13.2 Å². The lowest BCUT2D eigenvalue weighted by atomic mass is 10.4. The zero-order chi connectivity index (χ0) is 14.7. The van der Waals surface area contributed by atoms with Crippen molar-refractivity contribution in [1.29, 1.82) is 0 Å². The molecule has 0 amide bonds. The van der Waals surface area contributed by atoms with Crippen molar-refractivity contribution in [2.24, 2.45) is 7.05 Å². The lowest BCUT2D eigenvalue weighted by molar-refractivity contribution is 0.735. The van der Waals surface area contributed by atoms with Crippen LogP contribution in [0.25, 0.3) is 0 Å². The van der Waals surface area contributed by atoms with Crippen molar-refractivity contribution in [1.82, 2.24) is 9.78 Å². The average Bonchev–Trinajstić information content (AvgIpc) is 2.94. The first kappa shape index (κ1) is 14.0. The third kappa shape index (κ3) is 2.77. The van der Waals surface area contributed by atoms with Gasteiger partial charge in [-0.3, -0.25) is 4.68 Å². The summed E-state index contributed by atoms with van der Waals surface area (Å²) in [5, 5.41) is 7.21. The fourth-order valence-corrected chi connectivity index (χ4v) is 6.01. The van der Waals surface area contributed by atoms with Gasteiger partial charge in [0, 0.05) is 13.2 Å². The maximum atomic E-state index is 4.32. The van der Waals surface area contributed by atoms with Gasteiger partial charge in [0.25, 0.3) is 0 Å². The molecule has 2 aromatic carbocycles. The molecule has 0 fully saturated rings. The Morgan fingerprint density at radius 1 is 0.857 bits per heavy atom. The second-order valence-electron chi connectivity index (χ2n) is 5.47. The summed E-state index contributed by atoms with van der Waals surface area (Å²) in [5.41, 5.74) is 1.29. The van der Waals surface area contributed by atoms with E-state index in [2.05, 4.69) is 78.5 Å². The van der Waals surface area contributed by atoms with Crippen molar-refractivity contribution < 1.29 is 0 Å².